The molecule has 206 valence electrons. The zero-order chi connectivity index (χ0) is 27.1. The summed E-state index contributed by atoms with van der Waals surface area (Å²) >= 11 is 1.61. The number of carbonyl (C=O) groups excluding carboxylic acids is 1. The maximum atomic E-state index is 13.0. The third-order valence-corrected chi connectivity index (χ3v) is 7.63. The van der Waals surface area contributed by atoms with Crippen LogP contribution in [0.5, 0.6) is 23.0 Å². The number of hydrogen-bond acceptors (Lipinski definition) is 8. The first kappa shape index (κ1) is 26.1. The molecule has 3 heterocycles. The van der Waals surface area contributed by atoms with Crippen LogP contribution in [0.15, 0.2) is 83.2 Å². The second-order valence-electron chi connectivity index (χ2n) is 9.47. The summed E-state index contributed by atoms with van der Waals surface area (Å²) in [6, 6.07) is 23.4. The molecule has 3 aliphatic heterocycles. The smallest absolute Gasteiger partial charge is 0.265 e. The molecule has 0 aromatic heterocycles. The molecule has 0 aliphatic carbocycles. The first-order valence-electron chi connectivity index (χ1n) is 13.6. The van der Waals surface area contributed by atoms with Crippen molar-refractivity contribution in [3.05, 3.63) is 83.8 Å². The molecule has 0 radical (unpaired) electrons. The molecule has 9 heteroatoms. The molecule has 0 N–H and O–H groups in total. The van der Waals surface area contributed by atoms with Crippen LogP contribution in [0.3, 0.4) is 0 Å². The van der Waals surface area contributed by atoms with Crippen molar-refractivity contribution >= 4 is 34.2 Å². The molecule has 3 aromatic carbocycles. The van der Waals surface area contributed by atoms with Crippen LogP contribution in [-0.4, -0.2) is 62.0 Å². The number of hydrogen-bond donors (Lipinski definition) is 0. The van der Waals surface area contributed by atoms with Crippen molar-refractivity contribution < 1.29 is 23.7 Å². The Morgan fingerprint density at radius 1 is 0.850 bits per heavy atom. The molecule has 3 aliphatic rings. The zero-order valence-electron chi connectivity index (χ0n) is 22.2. The van der Waals surface area contributed by atoms with E-state index in [1.54, 1.807) is 16.7 Å². The number of benzene rings is 3. The summed E-state index contributed by atoms with van der Waals surface area (Å²) in [6.07, 6.45) is 1.40. The third-order valence-electron chi connectivity index (χ3n) is 6.73. The van der Waals surface area contributed by atoms with Crippen molar-refractivity contribution in [3.8, 4) is 23.0 Å². The number of anilines is 1. The fourth-order valence-electron chi connectivity index (χ4n) is 4.82. The van der Waals surface area contributed by atoms with Gasteiger partial charge in [-0.25, -0.2) is 0 Å². The van der Waals surface area contributed by atoms with Crippen molar-refractivity contribution in [2.45, 2.75) is 12.8 Å². The largest absolute Gasteiger partial charge is 0.494 e. The number of thioether (sulfide) groups is 1. The van der Waals surface area contributed by atoms with Gasteiger partial charge in [-0.2, -0.15) is 0 Å². The molecule has 0 bridgehead atoms. The Hall–Kier alpha value is -4.11. The highest BCUT2D eigenvalue weighted by molar-refractivity contribution is 8.16. The van der Waals surface area contributed by atoms with Crippen LogP contribution < -0.4 is 23.8 Å². The zero-order valence-corrected chi connectivity index (χ0v) is 23.0. The van der Waals surface area contributed by atoms with E-state index >= 15 is 0 Å². The van der Waals surface area contributed by atoms with Gasteiger partial charge >= 0.3 is 0 Å². The molecule has 3 aromatic rings. The van der Waals surface area contributed by atoms with Crippen LogP contribution in [0.25, 0.3) is 5.70 Å². The highest BCUT2D eigenvalue weighted by atomic mass is 32.2. The van der Waals surface area contributed by atoms with Gasteiger partial charge in [0.05, 0.1) is 37.7 Å². The van der Waals surface area contributed by atoms with Crippen LogP contribution in [0.2, 0.25) is 0 Å². The molecular weight excluding hydrogens is 526 g/mol. The second kappa shape index (κ2) is 12.4. The van der Waals surface area contributed by atoms with Crippen LogP contribution in [-0.2, 0) is 4.79 Å². The highest BCUT2D eigenvalue weighted by Crippen LogP contribution is 2.46. The van der Waals surface area contributed by atoms with Crippen LogP contribution in [0.1, 0.15) is 18.4 Å². The number of carbonyl (C=O) groups is 1. The van der Waals surface area contributed by atoms with Gasteiger partial charge in [0, 0.05) is 36.5 Å². The van der Waals surface area contributed by atoms with E-state index in [2.05, 4.69) is 15.3 Å². The summed E-state index contributed by atoms with van der Waals surface area (Å²) in [5.74, 6) is 2.97. The molecular formula is C31H31N3O5S. The van der Waals surface area contributed by atoms with E-state index < -0.39 is 0 Å². The van der Waals surface area contributed by atoms with Gasteiger partial charge < -0.3 is 28.7 Å². The van der Waals surface area contributed by atoms with Gasteiger partial charge in [0.25, 0.3) is 5.91 Å². The second-order valence-corrected chi connectivity index (χ2v) is 10.3. The summed E-state index contributed by atoms with van der Waals surface area (Å²) in [5.41, 5.74) is 2.65. The minimum absolute atomic E-state index is 0.00204. The lowest BCUT2D eigenvalue weighted by Gasteiger charge is -2.32. The van der Waals surface area contributed by atoms with Crippen LogP contribution >= 0.6 is 11.8 Å². The Labute approximate surface area is 238 Å². The van der Waals surface area contributed by atoms with E-state index in [1.807, 2.05) is 72.8 Å². The van der Waals surface area contributed by atoms with Gasteiger partial charge in [0.1, 0.15) is 17.2 Å². The normalized spacial score (nSPS) is 15.7. The molecule has 6 rings (SSSR count). The van der Waals surface area contributed by atoms with Gasteiger partial charge in [-0.05, 0) is 36.8 Å². The molecule has 40 heavy (non-hydrogen) atoms. The standard InChI is InChI=1S/C31H31N3O5S/c35-29-21-39-30-26(28-22-40-31-32-13-15-34(28)31)19-25(38-18-8-17-37-24-11-5-2-6-12-24)20-27(30)33(29)14-7-16-36-23-9-3-1-4-10-23/h1-6,9-12,19-20,22H,7-8,13-18,21H2. The third kappa shape index (κ3) is 5.89. The molecule has 0 unspecified atom stereocenters. The molecule has 0 atom stereocenters. The summed E-state index contributed by atoms with van der Waals surface area (Å²) in [4.78, 5) is 21.6. The number of ether oxygens (including phenoxy) is 4. The molecule has 0 saturated heterocycles. The lowest BCUT2D eigenvalue weighted by Crippen LogP contribution is -2.40. The predicted molar refractivity (Wildman–Crippen MR) is 157 cm³/mol. The van der Waals surface area contributed by atoms with Gasteiger partial charge in [-0.3, -0.25) is 9.79 Å². The lowest BCUT2D eigenvalue weighted by atomic mass is 10.1. The summed E-state index contributed by atoms with van der Waals surface area (Å²) in [7, 11) is 0. The van der Waals surface area contributed by atoms with Gasteiger partial charge in [-0.15, -0.1) is 0 Å². The molecule has 1 amide bonds. The monoisotopic (exact) mass is 557 g/mol. The lowest BCUT2D eigenvalue weighted by molar-refractivity contribution is -0.121. The van der Waals surface area contributed by atoms with E-state index in [9.17, 15) is 4.79 Å². The Kier molecular flexibility index (Phi) is 8.09. The van der Waals surface area contributed by atoms with E-state index in [1.165, 1.54) is 0 Å². The van der Waals surface area contributed by atoms with Crippen molar-refractivity contribution in [3.63, 3.8) is 0 Å². The number of nitrogens with zero attached hydrogens (tertiary/aromatic N) is 3. The van der Waals surface area contributed by atoms with Crippen LogP contribution in [0, 0.1) is 0 Å². The molecule has 8 nitrogen and oxygen atoms in total. The predicted octanol–water partition coefficient (Wildman–Crippen LogP) is 5.45. The average Bonchev–Trinajstić information content (AvgIpc) is 3.61. The van der Waals surface area contributed by atoms with Crippen molar-refractivity contribution in [1.82, 2.24) is 4.90 Å². The highest BCUT2D eigenvalue weighted by Gasteiger charge is 2.34. The maximum absolute atomic E-state index is 13.0. The average molecular weight is 558 g/mol. The minimum Gasteiger partial charge on any atom is -0.494 e. The number of rotatable bonds is 12. The van der Waals surface area contributed by atoms with E-state index in [0.29, 0.717) is 44.3 Å². The summed E-state index contributed by atoms with van der Waals surface area (Å²) in [6.45, 7) is 3.64. The molecule has 0 fully saturated rings. The van der Waals surface area contributed by atoms with Crippen molar-refractivity contribution in [1.29, 1.82) is 0 Å². The number of aliphatic imine (C=N–C) groups is 1. The molecule has 0 spiro atoms. The van der Waals surface area contributed by atoms with E-state index in [0.717, 1.165) is 53.1 Å². The SMILES string of the molecule is O=C1COc2c(C3=CSC4=NCCN34)cc(OCCCOc3ccccc3)cc2N1CCCOc1ccccc1. The quantitative estimate of drug-likeness (QED) is 0.275. The van der Waals surface area contributed by atoms with Gasteiger partial charge in [-0.1, -0.05) is 48.2 Å². The number of fused-ring (bicyclic) bond motifs is 2. The summed E-state index contributed by atoms with van der Waals surface area (Å²) < 4.78 is 23.9. The topological polar surface area (TPSA) is 72.8 Å². The van der Waals surface area contributed by atoms with Gasteiger partial charge in [0.15, 0.2) is 17.5 Å². The first-order valence-corrected chi connectivity index (χ1v) is 14.4. The Morgan fingerprint density at radius 2 is 1.52 bits per heavy atom. The Bertz CT molecular complexity index is 1400. The van der Waals surface area contributed by atoms with Crippen molar-refractivity contribution in [2.24, 2.45) is 4.99 Å². The fraction of sp³-hybridized carbons (Fsp3) is 0.290. The first-order chi connectivity index (χ1) is 19.8. The number of para-hydroxylation sites is 2. The minimum atomic E-state index is -0.0789. The summed E-state index contributed by atoms with van der Waals surface area (Å²) in [5, 5.41) is 3.10. The van der Waals surface area contributed by atoms with Crippen molar-refractivity contribution in [2.75, 3.05) is 51.0 Å². The fourth-order valence-corrected chi connectivity index (χ4v) is 5.78. The maximum Gasteiger partial charge on any atom is 0.265 e. The number of amides is 1. The Balaban J connectivity index is 1.18. The molecule has 0 saturated carbocycles. The van der Waals surface area contributed by atoms with Gasteiger partial charge in [0.2, 0.25) is 0 Å². The number of amidine groups is 1. The van der Waals surface area contributed by atoms with Crippen LogP contribution in [0.4, 0.5) is 5.69 Å². The Morgan fingerprint density at radius 3 is 2.25 bits per heavy atom. The van der Waals surface area contributed by atoms with E-state index in [4.69, 9.17) is 18.9 Å². The van der Waals surface area contributed by atoms with E-state index in [-0.39, 0.29) is 12.5 Å².